The second-order valence-corrected chi connectivity index (χ2v) is 9.59. The van der Waals surface area contributed by atoms with E-state index >= 15 is 0 Å². The molecule has 6 nitrogen and oxygen atoms in total. The number of hydrogen-bond acceptors (Lipinski definition) is 4. The molecule has 0 aliphatic heterocycles. The molecular formula is C29H20F3NO5STb. The molecule has 207 valence electrons. The van der Waals surface area contributed by atoms with Gasteiger partial charge >= 0.3 is 6.18 Å². The van der Waals surface area contributed by atoms with Crippen LogP contribution in [-0.2, 0) is 0 Å². The summed E-state index contributed by atoms with van der Waals surface area (Å²) in [4.78, 5) is 25.9. The number of pyridine rings is 1. The molecule has 0 bridgehead atoms. The van der Waals surface area contributed by atoms with E-state index in [9.17, 15) is 27.9 Å². The van der Waals surface area contributed by atoms with E-state index in [1.54, 1.807) is 30.3 Å². The van der Waals surface area contributed by atoms with Gasteiger partial charge in [0.05, 0.1) is 10.2 Å². The number of aromatic hydroxyl groups is 1. The van der Waals surface area contributed by atoms with Crippen LogP contribution in [0.2, 0.25) is 0 Å². The van der Waals surface area contributed by atoms with Gasteiger partial charge in [-0.15, -0.1) is 11.3 Å². The Morgan fingerprint density at radius 1 is 0.750 bits per heavy atom. The van der Waals surface area contributed by atoms with Gasteiger partial charge in [0, 0.05) is 65.2 Å². The Hall–Kier alpha value is -3.22. The van der Waals surface area contributed by atoms with Crippen LogP contribution in [0.4, 0.5) is 13.2 Å². The second kappa shape index (κ2) is 11.7. The largest absolute Gasteiger partial charge is 0.506 e. The topological polar surface area (TPSA) is 122 Å². The Bertz CT molecular complexity index is 1920. The summed E-state index contributed by atoms with van der Waals surface area (Å²) in [6, 6.07) is 26.9. The number of halogens is 3. The molecule has 0 fully saturated rings. The molecule has 2 aromatic heterocycles. The summed E-state index contributed by atoms with van der Waals surface area (Å²) in [5.41, 5.74) is -0.239. The zero-order valence-electron chi connectivity index (χ0n) is 20.2. The SMILES string of the molecule is O.O.O=C(c1c(O)c2ccc3c4ccccc4sc3c2n(-c2ccc(-c3ccccc3)cc2)c1=O)C(F)(F)F.[Tb]. The number of hydrogen-bond donors (Lipinski definition) is 1. The molecule has 5 N–H and O–H groups in total. The number of Topliss-reactive ketones (excluding diaryl/α,β-unsaturated/α-hetero) is 1. The van der Waals surface area contributed by atoms with Crippen LogP contribution >= 0.6 is 11.3 Å². The fourth-order valence-corrected chi connectivity index (χ4v) is 5.90. The van der Waals surface area contributed by atoms with Crippen molar-refractivity contribution < 1.29 is 72.6 Å². The first-order chi connectivity index (χ1) is 17.8. The van der Waals surface area contributed by atoms with Crippen molar-refractivity contribution in [3.63, 3.8) is 0 Å². The minimum Gasteiger partial charge on any atom is -0.506 e. The summed E-state index contributed by atoms with van der Waals surface area (Å²) in [6.45, 7) is 0. The van der Waals surface area contributed by atoms with Crippen molar-refractivity contribution in [2.75, 3.05) is 0 Å². The Morgan fingerprint density at radius 3 is 1.98 bits per heavy atom. The second-order valence-electron chi connectivity index (χ2n) is 8.54. The summed E-state index contributed by atoms with van der Waals surface area (Å²) in [5.74, 6) is -3.36. The monoisotopic (exact) mass is 710 g/mol. The number of fused-ring (bicyclic) bond motifs is 5. The van der Waals surface area contributed by atoms with Gasteiger partial charge < -0.3 is 16.1 Å². The number of nitrogens with zero attached hydrogens (tertiary/aromatic N) is 1. The van der Waals surface area contributed by atoms with Crippen LogP contribution < -0.4 is 5.56 Å². The molecule has 0 atom stereocenters. The molecule has 6 rings (SSSR count). The smallest absolute Gasteiger partial charge is 0.455 e. The molecular weight excluding hydrogens is 690 g/mol. The summed E-state index contributed by atoms with van der Waals surface area (Å²) < 4.78 is 43.0. The van der Waals surface area contributed by atoms with E-state index in [2.05, 4.69) is 0 Å². The standard InChI is InChI=1S/C29H16F3NO3S.2H2O.Tb/c30-29(31,32)27(35)23-25(34)21-15-14-20-19-8-4-5-9-22(19)37-26(20)24(21)33(28(23)36)18-12-10-17(11-13-18)16-6-2-1-3-7-16;;;/h1-15,34H;2*1H2;. The van der Waals surface area contributed by atoms with Crippen LogP contribution in [0.1, 0.15) is 10.4 Å². The molecule has 4 aromatic carbocycles. The fourth-order valence-electron chi connectivity index (χ4n) is 4.66. The number of thiophene rings is 1. The predicted molar refractivity (Wildman–Crippen MR) is 147 cm³/mol. The van der Waals surface area contributed by atoms with Gasteiger partial charge in [-0.1, -0.05) is 66.7 Å². The van der Waals surface area contributed by atoms with Crippen molar-refractivity contribution in [3.05, 3.63) is 107 Å². The average molecular weight is 710 g/mol. The third-order valence-electron chi connectivity index (χ3n) is 6.37. The van der Waals surface area contributed by atoms with Crippen molar-refractivity contribution in [2.24, 2.45) is 0 Å². The number of alkyl halides is 3. The van der Waals surface area contributed by atoms with Gasteiger partial charge in [-0.25, -0.2) is 0 Å². The van der Waals surface area contributed by atoms with Crippen molar-refractivity contribution in [2.45, 2.75) is 6.18 Å². The van der Waals surface area contributed by atoms with Crippen molar-refractivity contribution in [1.82, 2.24) is 4.57 Å². The first-order valence-corrected chi connectivity index (χ1v) is 12.1. The van der Waals surface area contributed by atoms with E-state index in [0.717, 1.165) is 31.2 Å². The molecule has 0 aliphatic carbocycles. The summed E-state index contributed by atoms with van der Waals surface area (Å²) in [7, 11) is 0. The van der Waals surface area contributed by atoms with Crippen molar-refractivity contribution >= 4 is 48.2 Å². The van der Waals surface area contributed by atoms with Crippen molar-refractivity contribution in [1.29, 1.82) is 0 Å². The zero-order chi connectivity index (χ0) is 25.9. The Balaban J connectivity index is 0.00000147. The molecule has 6 aromatic rings. The van der Waals surface area contributed by atoms with E-state index in [1.165, 1.54) is 17.4 Å². The van der Waals surface area contributed by atoms with Gasteiger partial charge in [-0.3, -0.25) is 14.2 Å². The maximum atomic E-state index is 13.6. The number of carbonyl (C=O) groups excluding carboxylic acids is 1. The quantitative estimate of drug-likeness (QED) is 0.233. The predicted octanol–water partition coefficient (Wildman–Crippen LogP) is 5.83. The molecule has 0 saturated heterocycles. The molecule has 0 amide bonds. The molecule has 40 heavy (non-hydrogen) atoms. The third kappa shape index (κ3) is 5.03. The minimum atomic E-state index is -5.33. The van der Waals surface area contributed by atoms with Crippen molar-refractivity contribution in [3.8, 4) is 22.6 Å². The number of benzene rings is 4. The van der Waals surface area contributed by atoms with Crippen LogP contribution in [0.5, 0.6) is 5.75 Å². The summed E-state index contributed by atoms with van der Waals surface area (Å²) in [5, 5.41) is 12.5. The van der Waals surface area contributed by atoms with Crippen LogP contribution in [0.3, 0.4) is 0 Å². The summed E-state index contributed by atoms with van der Waals surface area (Å²) >= 11 is 1.36. The number of carbonyl (C=O) groups is 1. The normalized spacial score (nSPS) is 11.1. The molecule has 0 saturated carbocycles. The van der Waals surface area contributed by atoms with Gasteiger partial charge in [0.15, 0.2) is 0 Å². The van der Waals surface area contributed by atoms with Crippen LogP contribution in [0.15, 0.2) is 95.8 Å². The van der Waals surface area contributed by atoms with Gasteiger partial charge in [0.2, 0.25) is 0 Å². The first-order valence-electron chi connectivity index (χ1n) is 11.2. The van der Waals surface area contributed by atoms with E-state index in [1.807, 2.05) is 54.6 Å². The van der Waals surface area contributed by atoms with Gasteiger partial charge in [-0.2, -0.15) is 13.2 Å². The third-order valence-corrected chi connectivity index (χ3v) is 7.56. The summed E-state index contributed by atoms with van der Waals surface area (Å²) in [6.07, 6.45) is -5.33. The van der Waals surface area contributed by atoms with Gasteiger partial charge in [0.25, 0.3) is 11.3 Å². The van der Waals surface area contributed by atoms with Crippen LogP contribution in [0.25, 0.3) is 47.9 Å². The fraction of sp³-hybridized carbons (Fsp3) is 0.0345. The Kier molecular flexibility index (Phi) is 9.17. The average Bonchev–Trinajstić information content (AvgIpc) is 3.28. The molecule has 0 spiro atoms. The van der Waals surface area contributed by atoms with E-state index < -0.39 is 28.8 Å². The van der Waals surface area contributed by atoms with E-state index in [0.29, 0.717) is 4.70 Å². The maximum absolute atomic E-state index is 13.6. The molecule has 2 heterocycles. The molecule has 11 heteroatoms. The molecule has 0 aliphatic rings. The molecule has 1 radical (unpaired) electrons. The Morgan fingerprint density at radius 2 is 1.32 bits per heavy atom. The molecule has 0 unspecified atom stereocenters. The van der Waals surface area contributed by atoms with Crippen LogP contribution in [0, 0.1) is 38.6 Å². The van der Waals surface area contributed by atoms with Gasteiger partial charge in [-0.05, 0) is 35.4 Å². The van der Waals surface area contributed by atoms with Gasteiger partial charge in [0.1, 0.15) is 11.3 Å². The van der Waals surface area contributed by atoms with E-state index in [-0.39, 0.29) is 66.2 Å². The number of rotatable bonds is 3. The maximum Gasteiger partial charge on any atom is 0.455 e. The minimum absolute atomic E-state index is 0. The number of ketones is 1. The van der Waals surface area contributed by atoms with Crippen LogP contribution in [-0.4, -0.2) is 32.6 Å². The van der Waals surface area contributed by atoms with E-state index in [4.69, 9.17) is 0 Å². The number of aromatic nitrogens is 1. The Labute approximate surface area is 259 Å². The first kappa shape index (κ1) is 31.3. The zero-order valence-corrected chi connectivity index (χ0v) is 23.2.